The molecule has 0 aliphatic carbocycles. The molecule has 1 aromatic carbocycles. The number of likely N-dealkylation sites (tertiary alicyclic amines) is 1. The molecule has 1 fully saturated rings. The minimum Gasteiger partial charge on any atom is -0.454 e. The second-order valence-corrected chi connectivity index (χ2v) is 6.63. The van der Waals surface area contributed by atoms with Crippen LogP contribution in [0.1, 0.15) is 37.8 Å². The Morgan fingerprint density at radius 3 is 2.68 bits per heavy atom. The van der Waals surface area contributed by atoms with E-state index in [1.54, 1.807) is 23.0 Å². The third-order valence-corrected chi connectivity index (χ3v) is 5.13. The molecule has 7 heteroatoms. The number of amides is 2. The molecule has 3 heterocycles. The minimum absolute atomic E-state index is 0.0413. The standard InChI is InChI=1S/C18H21N3O4/c1-12(22)20-8-5-13(6-9-20)18(23)21-15(4-7-19-21)14-2-3-16-17(10-14)25-11-24-16/h2-3,7,10,13,15H,4-6,8-9,11H2,1H3. The van der Waals surface area contributed by atoms with E-state index in [9.17, 15) is 9.59 Å². The second-order valence-electron chi connectivity index (χ2n) is 6.63. The summed E-state index contributed by atoms with van der Waals surface area (Å²) >= 11 is 0. The van der Waals surface area contributed by atoms with Crippen molar-refractivity contribution >= 4 is 18.0 Å². The zero-order valence-corrected chi connectivity index (χ0v) is 14.2. The number of benzene rings is 1. The van der Waals surface area contributed by atoms with Gasteiger partial charge in [-0.25, -0.2) is 5.01 Å². The Labute approximate surface area is 146 Å². The summed E-state index contributed by atoms with van der Waals surface area (Å²) in [6.45, 7) is 3.08. The monoisotopic (exact) mass is 343 g/mol. The number of carbonyl (C=O) groups is 2. The van der Waals surface area contributed by atoms with Gasteiger partial charge in [0.15, 0.2) is 11.5 Å². The topological polar surface area (TPSA) is 71.4 Å². The normalized spacial score (nSPS) is 22.5. The van der Waals surface area contributed by atoms with Crippen LogP contribution in [0.3, 0.4) is 0 Å². The number of piperidine rings is 1. The fourth-order valence-corrected chi connectivity index (χ4v) is 3.65. The van der Waals surface area contributed by atoms with Crippen LogP contribution in [0.15, 0.2) is 23.3 Å². The molecule has 0 bridgehead atoms. The summed E-state index contributed by atoms with van der Waals surface area (Å²) in [5, 5.41) is 5.93. The van der Waals surface area contributed by atoms with Crippen molar-refractivity contribution in [3.05, 3.63) is 23.8 Å². The van der Waals surface area contributed by atoms with Crippen LogP contribution >= 0.6 is 0 Å². The lowest BCUT2D eigenvalue weighted by Gasteiger charge is -2.33. The van der Waals surface area contributed by atoms with Crippen molar-refractivity contribution in [3.63, 3.8) is 0 Å². The van der Waals surface area contributed by atoms with Crippen LogP contribution in [0.5, 0.6) is 11.5 Å². The number of rotatable bonds is 2. The number of hydrogen-bond acceptors (Lipinski definition) is 5. The number of carbonyl (C=O) groups excluding carboxylic acids is 2. The first-order chi connectivity index (χ1) is 12.1. The lowest BCUT2D eigenvalue weighted by molar-refractivity contribution is -0.141. The van der Waals surface area contributed by atoms with Gasteiger partial charge in [-0.05, 0) is 30.5 Å². The zero-order chi connectivity index (χ0) is 17.4. The van der Waals surface area contributed by atoms with Crippen LogP contribution < -0.4 is 9.47 Å². The van der Waals surface area contributed by atoms with Gasteiger partial charge in [0, 0.05) is 38.6 Å². The molecule has 132 valence electrons. The van der Waals surface area contributed by atoms with Crippen molar-refractivity contribution in [1.29, 1.82) is 0 Å². The molecule has 0 saturated carbocycles. The first kappa shape index (κ1) is 15.9. The summed E-state index contributed by atoms with van der Waals surface area (Å²) in [5.74, 6) is 1.48. The zero-order valence-electron chi connectivity index (χ0n) is 14.2. The Balaban J connectivity index is 1.47. The molecule has 0 aromatic heterocycles. The quantitative estimate of drug-likeness (QED) is 0.823. The third-order valence-electron chi connectivity index (χ3n) is 5.13. The molecule has 3 aliphatic rings. The van der Waals surface area contributed by atoms with E-state index in [1.165, 1.54) is 0 Å². The van der Waals surface area contributed by atoms with Crippen LogP contribution in [0.4, 0.5) is 0 Å². The summed E-state index contributed by atoms with van der Waals surface area (Å²) < 4.78 is 10.8. The van der Waals surface area contributed by atoms with Crippen LogP contribution in [-0.2, 0) is 9.59 Å². The van der Waals surface area contributed by atoms with Crippen LogP contribution in [0.2, 0.25) is 0 Å². The van der Waals surface area contributed by atoms with Crippen molar-refractivity contribution in [3.8, 4) is 11.5 Å². The van der Waals surface area contributed by atoms with Crippen molar-refractivity contribution in [2.75, 3.05) is 19.9 Å². The Morgan fingerprint density at radius 2 is 1.92 bits per heavy atom. The van der Waals surface area contributed by atoms with E-state index >= 15 is 0 Å². The molecule has 1 atom stereocenters. The predicted octanol–water partition coefficient (Wildman–Crippen LogP) is 1.93. The van der Waals surface area contributed by atoms with Gasteiger partial charge in [0.1, 0.15) is 0 Å². The fraction of sp³-hybridized carbons (Fsp3) is 0.500. The Hall–Kier alpha value is -2.57. The highest BCUT2D eigenvalue weighted by Gasteiger charge is 2.35. The highest BCUT2D eigenvalue weighted by molar-refractivity contribution is 5.82. The van der Waals surface area contributed by atoms with Gasteiger partial charge in [-0.1, -0.05) is 6.07 Å². The molecule has 25 heavy (non-hydrogen) atoms. The molecule has 4 rings (SSSR count). The van der Waals surface area contributed by atoms with Gasteiger partial charge in [-0.2, -0.15) is 5.10 Å². The maximum absolute atomic E-state index is 12.9. The minimum atomic E-state index is -0.104. The van der Waals surface area contributed by atoms with Crippen molar-refractivity contribution in [2.24, 2.45) is 11.0 Å². The van der Waals surface area contributed by atoms with Gasteiger partial charge in [-0.3, -0.25) is 9.59 Å². The molecule has 0 radical (unpaired) electrons. The van der Waals surface area contributed by atoms with Crippen LogP contribution in [0, 0.1) is 5.92 Å². The van der Waals surface area contributed by atoms with E-state index in [-0.39, 0.29) is 30.6 Å². The fourth-order valence-electron chi connectivity index (χ4n) is 3.65. The molecule has 1 saturated heterocycles. The van der Waals surface area contributed by atoms with Crippen LogP contribution in [0.25, 0.3) is 0 Å². The lowest BCUT2D eigenvalue weighted by Crippen LogP contribution is -2.42. The smallest absolute Gasteiger partial charge is 0.246 e. The molecular formula is C18H21N3O4. The van der Waals surface area contributed by atoms with Crippen molar-refractivity contribution in [2.45, 2.75) is 32.2 Å². The number of hydrazone groups is 1. The molecule has 3 aliphatic heterocycles. The summed E-state index contributed by atoms with van der Waals surface area (Å²) in [6, 6.07) is 5.67. The van der Waals surface area contributed by atoms with Crippen molar-refractivity contribution < 1.29 is 19.1 Å². The van der Waals surface area contributed by atoms with E-state index in [0.29, 0.717) is 38.1 Å². The molecule has 2 amide bonds. The van der Waals surface area contributed by atoms with Gasteiger partial charge in [0.25, 0.3) is 0 Å². The highest BCUT2D eigenvalue weighted by atomic mass is 16.7. The summed E-state index contributed by atoms with van der Waals surface area (Å²) in [6.07, 6.45) is 3.87. The number of hydrogen-bond donors (Lipinski definition) is 0. The van der Waals surface area contributed by atoms with E-state index in [4.69, 9.17) is 9.47 Å². The number of ether oxygens (including phenoxy) is 2. The Morgan fingerprint density at radius 1 is 1.16 bits per heavy atom. The summed E-state index contributed by atoms with van der Waals surface area (Å²) in [4.78, 5) is 26.2. The SMILES string of the molecule is CC(=O)N1CCC(C(=O)N2N=CCC2c2ccc3c(c2)OCO3)CC1. The second kappa shape index (κ2) is 6.38. The van der Waals surface area contributed by atoms with Gasteiger partial charge < -0.3 is 14.4 Å². The molecule has 1 unspecified atom stereocenters. The molecule has 0 spiro atoms. The maximum Gasteiger partial charge on any atom is 0.246 e. The number of fused-ring (bicyclic) bond motifs is 1. The van der Waals surface area contributed by atoms with Gasteiger partial charge in [-0.15, -0.1) is 0 Å². The first-order valence-corrected chi connectivity index (χ1v) is 8.64. The Kier molecular flexibility index (Phi) is 4.07. The summed E-state index contributed by atoms with van der Waals surface area (Å²) in [5.41, 5.74) is 0.997. The van der Waals surface area contributed by atoms with E-state index < -0.39 is 0 Å². The molecule has 1 aromatic rings. The van der Waals surface area contributed by atoms with E-state index in [1.807, 2.05) is 18.2 Å². The summed E-state index contributed by atoms with van der Waals surface area (Å²) in [7, 11) is 0. The first-order valence-electron chi connectivity index (χ1n) is 8.64. The Bertz CT molecular complexity index is 725. The maximum atomic E-state index is 12.9. The van der Waals surface area contributed by atoms with Gasteiger partial charge >= 0.3 is 0 Å². The van der Waals surface area contributed by atoms with Crippen LogP contribution in [-0.4, -0.2) is 47.8 Å². The van der Waals surface area contributed by atoms with Gasteiger partial charge in [0.05, 0.1) is 6.04 Å². The third kappa shape index (κ3) is 2.94. The highest BCUT2D eigenvalue weighted by Crippen LogP contribution is 2.38. The molecular weight excluding hydrogens is 322 g/mol. The molecule has 0 N–H and O–H groups in total. The average molecular weight is 343 g/mol. The van der Waals surface area contributed by atoms with E-state index in [2.05, 4.69) is 5.10 Å². The number of nitrogens with zero attached hydrogens (tertiary/aromatic N) is 3. The molecule has 7 nitrogen and oxygen atoms in total. The lowest BCUT2D eigenvalue weighted by atomic mass is 9.94. The predicted molar refractivity (Wildman–Crippen MR) is 90.2 cm³/mol. The van der Waals surface area contributed by atoms with Crippen molar-refractivity contribution in [1.82, 2.24) is 9.91 Å². The van der Waals surface area contributed by atoms with E-state index in [0.717, 1.165) is 11.3 Å². The largest absolute Gasteiger partial charge is 0.454 e. The van der Waals surface area contributed by atoms with Gasteiger partial charge in [0.2, 0.25) is 18.6 Å². The average Bonchev–Trinajstić information content (AvgIpc) is 3.29.